The molecule has 4 heteroatoms. The van der Waals surface area contributed by atoms with Gasteiger partial charge in [0.2, 0.25) is 6.79 Å². The van der Waals surface area contributed by atoms with Crippen molar-refractivity contribution in [2.24, 2.45) is 0 Å². The minimum absolute atomic E-state index is 0.258. The van der Waals surface area contributed by atoms with Gasteiger partial charge < -0.3 is 9.47 Å². The molecule has 3 nitrogen and oxygen atoms in total. The number of fused-ring (bicyclic) bond motifs is 1. The van der Waals surface area contributed by atoms with Crippen LogP contribution in [0.1, 0.15) is 5.56 Å². The van der Waals surface area contributed by atoms with Crippen molar-refractivity contribution in [3.63, 3.8) is 0 Å². The molecule has 58 valence electrons. The first-order valence-electron chi connectivity index (χ1n) is 3.20. The fourth-order valence-corrected chi connectivity index (χ4v) is 1.05. The predicted octanol–water partition coefficient (Wildman–Crippen LogP) is 1.55. The maximum Gasteiger partial charge on any atom is 0.260 e. The summed E-state index contributed by atoms with van der Waals surface area (Å²) >= 11 is 5.59. The van der Waals surface area contributed by atoms with Crippen LogP contribution in [0.2, 0.25) is 0 Å². The highest BCUT2D eigenvalue weighted by Gasteiger charge is 2.14. The SMILES string of the molecule is ClCc1cnc2c(c1)OCO2. The van der Waals surface area contributed by atoms with Crippen molar-refractivity contribution in [1.82, 2.24) is 4.98 Å². The number of ether oxygens (including phenoxy) is 2. The number of hydrogen-bond acceptors (Lipinski definition) is 3. The van der Waals surface area contributed by atoms with Gasteiger partial charge in [-0.2, -0.15) is 0 Å². The number of rotatable bonds is 1. The van der Waals surface area contributed by atoms with E-state index >= 15 is 0 Å². The Morgan fingerprint density at radius 3 is 3.27 bits per heavy atom. The Hall–Kier alpha value is -0.960. The Labute approximate surface area is 68.9 Å². The third kappa shape index (κ3) is 1.12. The molecule has 11 heavy (non-hydrogen) atoms. The van der Waals surface area contributed by atoms with E-state index < -0.39 is 0 Å². The molecule has 0 aliphatic carbocycles. The summed E-state index contributed by atoms with van der Waals surface area (Å²) in [5.41, 5.74) is 0.941. The zero-order chi connectivity index (χ0) is 7.68. The van der Waals surface area contributed by atoms with E-state index in [2.05, 4.69) is 4.98 Å². The van der Waals surface area contributed by atoms with Gasteiger partial charge in [-0.3, -0.25) is 0 Å². The van der Waals surface area contributed by atoms with Gasteiger partial charge in [-0.15, -0.1) is 11.6 Å². The first-order valence-corrected chi connectivity index (χ1v) is 3.74. The maximum atomic E-state index is 5.59. The summed E-state index contributed by atoms with van der Waals surface area (Å²) in [6.45, 7) is 0.258. The molecule has 0 unspecified atom stereocenters. The van der Waals surface area contributed by atoms with Gasteiger partial charge in [-0.1, -0.05) is 0 Å². The van der Waals surface area contributed by atoms with Crippen LogP contribution in [-0.2, 0) is 5.88 Å². The quantitative estimate of drug-likeness (QED) is 0.601. The lowest BCUT2D eigenvalue weighted by Gasteiger charge is -1.95. The molecule has 0 atom stereocenters. The average Bonchev–Trinajstić information content (AvgIpc) is 2.50. The molecule has 0 radical (unpaired) electrons. The van der Waals surface area contributed by atoms with Crippen LogP contribution in [0.5, 0.6) is 11.6 Å². The maximum absolute atomic E-state index is 5.59. The summed E-state index contributed by atoms with van der Waals surface area (Å²) in [6.07, 6.45) is 1.68. The lowest BCUT2D eigenvalue weighted by molar-refractivity contribution is 0.171. The van der Waals surface area contributed by atoms with Crippen LogP contribution in [0, 0.1) is 0 Å². The second-order valence-electron chi connectivity index (χ2n) is 2.19. The topological polar surface area (TPSA) is 31.4 Å². The second kappa shape index (κ2) is 2.58. The summed E-state index contributed by atoms with van der Waals surface area (Å²) in [4.78, 5) is 4.00. The first kappa shape index (κ1) is 6.73. The van der Waals surface area contributed by atoms with Gasteiger partial charge in [-0.05, 0) is 11.6 Å². The van der Waals surface area contributed by atoms with Crippen molar-refractivity contribution >= 4 is 11.6 Å². The monoisotopic (exact) mass is 171 g/mol. The van der Waals surface area contributed by atoms with E-state index in [0.29, 0.717) is 17.5 Å². The molecule has 0 fully saturated rings. The van der Waals surface area contributed by atoms with Gasteiger partial charge in [0.15, 0.2) is 5.75 Å². The fourth-order valence-electron chi connectivity index (χ4n) is 0.906. The summed E-state index contributed by atoms with van der Waals surface area (Å²) in [6, 6.07) is 1.84. The zero-order valence-electron chi connectivity index (χ0n) is 5.71. The molecule has 0 N–H and O–H groups in total. The third-order valence-electron chi connectivity index (χ3n) is 1.44. The fraction of sp³-hybridized carbons (Fsp3) is 0.286. The molecule has 2 heterocycles. The zero-order valence-corrected chi connectivity index (χ0v) is 6.47. The molecule has 0 bridgehead atoms. The standard InChI is InChI=1S/C7H6ClNO2/c8-2-5-1-6-7(9-3-5)11-4-10-6/h1,3H,2,4H2. The van der Waals surface area contributed by atoms with Crippen LogP contribution < -0.4 is 9.47 Å². The highest BCUT2D eigenvalue weighted by Crippen LogP contribution is 2.29. The Bertz CT molecular complexity index is 277. The van der Waals surface area contributed by atoms with Crippen molar-refractivity contribution in [2.45, 2.75) is 5.88 Å². The Morgan fingerprint density at radius 1 is 1.55 bits per heavy atom. The van der Waals surface area contributed by atoms with E-state index in [0.717, 1.165) is 5.56 Å². The van der Waals surface area contributed by atoms with E-state index in [1.165, 1.54) is 0 Å². The molecule has 1 aliphatic heterocycles. The van der Waals surface area contributed by atoms with Gasteiger partial charge in [0.25, 0.3) is 5.88 Å². The highest BCUT2D eigenvalue weighted by atomic mass is 35.5. The molecule has 0 amide bonds. The molecule has 0 aromatic carbocycles. The highest BCUT2D eigenvalue weighted by molar-refractivity contribution is 6.17. The Kier molecular flexibility index (Phi) is 1.58. The van der Waals surface area contributed by atoms with Gasteiger partial charge in [0.1, 0.15) is 0 Å². The molecule has 1 aromatic rings. The van der Waals surface area contributed by atoms with Crippen molar-refractivity contribution < 1.29 is 9.47 Å². The minimum atomic E-state index is 0.258. The van der Waals surface area contributed by atoms with Crippen LogP contribution in [0.15, 0.2) is 12.3 Å². The Balaban J connectivity index is 2.41. The lowest BCUT2D eigenvalue weighted by atomic mass is 10.3. The van der Waals surface area contributed by atoms with E-state index in [9.17, 15) is 0 Å². The summed E-state index contributed by atoms with van der Waals surface area (Å²) in [5, 5.41) is 0. The van der Waals surface area contributed by atoms with E-state index in [1.54, 1.807) is 6.20 Å². The van der Waals surface area contributed by atoms with Crippen LogP contribution in [0.3, 0.4) is 0 Å². The van der Waals surface area contributed by atoms with Gasteiger partial charge in [0, 0.05) is 12.1 Å². The number of halogens is 1. The van der Waals surface area contributed by atoms with Gasteiger partial charge >= 0.3 is 0 Å². The molecule has 2 rings (SSSR count). The average molecular weight is 172 g/mol. The van der Waals surface area contributed by atoms with Crippen molar-refractivity contribution in [2.75, 3.05) is 6.79 Å². The summed E-state index contributed by atoms with van der Waals surface area (Å²) < 4.78 is 10.1. The van der Waals surface area contributed by atoms with E-state index in [1.807, 2.05) is 6.07 Å². The molecule has 1 aliphatic rings. The van der Waals surface area contributed by atoms with Gasteiger partial charge in [0.05, 0.1) is 0 Å². The number of hydrogen-bond donors (Lipinski definition) is 0. The van der Waals surface area contributed by atoms with Crippen molar-refractivity contribution in [3.05, 3.63) is 17.8 Å². The largest absolute Gasteiger partial charge is 0.452 e. The molecule has 1 aromatic heterocycles. The first-order chi connectivity index (χ1) is 5.40. The van der Waals surface area contributed by atoms with Crippen LogP contribution >= 0.6 is 11.6 Å². The minimum Gasteiger partial charge on any atom is -0.452 e. The number of aromatic nitrogens is 1. The van der Waals surface area contributed by atoms with Crippen LogP contribution in [0.4, 0.5) is 0 Å². The van der Waals surface area contributed by atoms with Crippen molar-refractivity contribution in [1.29, 1.82) is 0 Å². The van der Waals surface area contributed by atoms with Crippen molar-refractivity contribution in [3.8, 4) is 11.6 Å². The molecule has 0 saturated heterocycles. The summed E-state index contributed by atoms with van der Waals surface area (Å²) in [7, 11) is 0. The molecular formula is C7H6ClNO2. The Morgan fingerprint density at radius 2 is 2.45 bits per heavy atom. The molecule has 0 spiro atoms. The van der Waals surface area contributed by atoms with E-state index in [4.69, 9.17) is 21.1 Å². The molecular weight excluding hydrogens is 166 g/mol. The van der Waals surface area contributed by atoms with E-state index in [-0.39, 0.29) is 6.79 Å². The third-order valence-corrected chi connectivity index (χ3v) is 1.75. The normalized spacial score (nSPS) is 13.5. The second-order valence-corrected chi connectivity index (χ2v) is 2.45. The lowest BCUT2D eigenvalue weighted by Crippen LogP contribution is -1.93. The summed E-state index contributed by atoms with van der Waals surface area (Å²) in [5.74, 6) is 1.69. The van der Waals surface area contributed by atoms with Crippen LogP contribution in [0.25, 0.3) is 0 Å². The molecule has 0 saturated carbocycles. The smallest absolute Gasteiger partial charge is 0.260 e. The van der Waals surface area contributed by atoms with Gasteiger partial charge in [-0.25, -0.2) is 4.98 Å². The number of alkyl halides is 1. The number of nitrogens with zero attached hydrogens (tertiary/aromatic N) is 1. The number of pyridine rings is 1. The van der Waals surface area contributed by atoms with Crippen LogP contribution in [-0.4, -0.2) is 11.8 Å². The predicted molar refractivity (Wildman–Crippen MR) is 39.9 cm³/mol.